The van der Waals surface area contributed by atoms with Crippen molar-refractivity contribution in [1.82, 2.24) is 4.90 Å². The van der Waals surface area contributed by atoms with Crippen LogP contribution < -0.4 is 10.5 Å². The van der Waals surface area contributed by atoms with E-state index < -0.39 is 5.54 Å². The zero-order chi connectivity index (χ0) is 16.2. The number of halogens is 1. The highest BCUT2D eigenvalue weighted by Gasteiger charge is 2.34. The summed E-state index contributed by atoms with van der Waals surface area (Å²) in [6.45, 7) is 5.24. The summed E-state index contributed by atoms with van der Waals surface area (Å²) in [4.78, 5) is 14.3. The third-order valence-electron chi connectivity index (χ3n) is 4.12. The average molecular weight is 325 g/mol. The van der Waals surface area contributed by atoms with Gasteiger partial charge in [-0.3, -0.25) is 4.79 Å². The number of carbonyl (C=O) groups excluding carboxylic acids is 1. The number of rotatable bonds is 5. The van der Waals surface area contributed by atoms with Crippen molar-refractivity contribution in [1.29, 1.82) is 0 Å². The Labute approximate surface area is 137 Å². The molecule has 5 heteroatoms. The first-order valence-corrected chi connectivity index (χ1v) is 8.31. The summed E-state index contributed by atoms with van der Waals surface area (Å²) >= 11 is 6.11. The Morgan fingerprint density at radius 1 is 1.41 bits per heavy atom. The third kappa shape index (κ3) is 4.14. The van der Waals surface area contributed by atoms with Gasteiger partial charge in [-0.2, -0.15) is 0 Å². The first-order valence-electron chi connectivity index (χ1n) is 7.93. The summed E-state index contributed by atoms with van der Waals surface area (Å²) in [5, 5.41) is 0.624. The van der Waals surface area contributed by atoms with Crippen molar-refractivity contribution in [3.8, 4) is 5.75 Å². The van der Waals surface area contributed by atoms with Crippen molar-refractivity contribution in [2.45, 2.75) is 51.2 Å². The maximum absolute atomic E-state index is 12.5. The van der Waals surface area contributed by atoms with Gasteiger partial charge < -0.3 is 15.4 Å². The number of amides is 1. The van der Waals surface area contributed by atoms with Gasteiger partial charge in [0.15, 0.2) is 0 Å². The van der Waals surface area contributed by atoms with Gasteiger partial charge in [-0.1, -0.05) is 37.1 Å². The number of carbonyl (C=O) groups is 1. The lowest BCUT2D eigenvalue weighted by Gasteiger charge is -2.36. The molecular formula is C17H25ClN2O2. The molecule has 1 heterocycles. The Morgan fingerprint density at radius 2 is 2.05 bits per heavy atom. The number of ether oxygens (including phenoxy) is 1. The van der Waals surface area contributed by atoms with E-state index in [-0.39, 0.29) is 12.0 Å². The highest BCUT2D eigenvalue weighted by atomic mass is 35.5. The summed E-state index contributed by atoms with van der Waals surface area (Å²) in [7, 11) is 0. The molecule has 0 aliphatic carbocycles. The van der Waals surface area contributed by atoms with Gasteiger partial charge in [0.05, 0.1) is 10.6 Å². The molecule has 4 nitrogen and oxygen atoms in total. The predicted octanol–water partition coefficient (Wildman–Crippen LogP) is 3.23. The Hall–Kier alpha value is -1.26. The fourth-order valence-corrected chi connectivity index (χ4v) is 3.06. The van der Waals surface area contributed by atoms with Crippen LogP contribution in [-0.2, 0) is 4.79 Å². The van der Waals surface area contributed by atoms with Crippen molar-refractivity contribution >= 4 is 17.5 Å². The Kier molecular flexibility index (Phi) is 5.70. The second-order valence-electron chi connectivity index (χ2n) is 6.21. The van der Waals surface area contributed by atoms with Crippen LogP contribution in [0.5, 0.6) is 5.75 Å². The minimum atomic E-state index is -0.759. The van der Waals surface area contributed by atoms with E-state index in [4.69, 9.17) is 22.1 Å². The van der Waals surface area contributed by atoms with Crippen LogP contribution in [0.1, 0.15) is 39.5 Å². The first-order chi connectivity index (χ1) is 10.4. The number of para-hydroxylation sites is 1. The smallest absolute Gasteiger partial charge is 0.242 e. The lowest BCUT2D eigenvalue weighted by molar-refractivity contribution is -0.138. The number of nitrogens with two attached hydrogens (primary N) is 1. The molecule has 122 valence electrons. The Bertz CT molecular complexity index is 511. The summed E-state index contributed by atoms with van der Waals surface area (Å²) in [6.07, 6.45) is 3.32. The number of hydrogen-bond donors (Lipinski definition) is 1. The Balaban J connectivity index is 1.88. The second kappa shape index (κ2) is 7.34. The predicted molar refractivity (Wildman–Crippen MR) is 89.2 cm³/mol. The normalized spacial score (nSPS) is 18.8. The van der Waals surface area contributed by atoms with E-state index in [9.17, 15) is 4.79 Å². The van der Waals surface area contributed by atoms with E-state index in [0.29, 0.717) is 30.3 Å². The number of piperidine rings is 1. The van der Waals surface area contributed by atoms with Crippen LogP contribution in [-0.4, -0.2) is 35.5 Å². The van der Waals surface area contributed by atoms with E-state index in [1.165, 1.54) is 0 Å². The van der Waals surface area contributed by atoms with E-state index in [0.717, 1.165) is 19.3 Å². The minimum Gasteiger partial charge on any atom is -0.489 e. The molecule has 0 aromatic heterocycles. The van der Waals surface area contributed by atoms with Crippen LogP contribution in [0.4, 0.5) is 0 Å². The molecule has 1 amide bonds. The number of benzene rings is 1. The standard InChI is InChI=1S/C17H25ClN2O2/c1-3-10-17(2,19)16(21)20-11-8-13(9-12-20)22-15-7-5-4-6-14(15)18/h4-7,13H,3,8-12,19H2,1-2H3. The van der Waals surface area contributed by atoms with Gasteiger partial charge in [-0.25, -0.2) is 0 Å². The number of likely N-dealkylation sites (tertiary alicyclic amines) is 1. The van der Waals surface area contributed by atoms with Gasteiger partial charge >= 0.3 is 0 Å². The molecule has 0 bridgehead atoms. The topological polar surface area (TPSA) is 55.6 Å². The fourth-order valence-electron chi connectivity index (χ4n) is 2.88. The molecule has 22 heavy (non-hydrogen) atoms. The van der Waals surface area contributed by atoms with Crippen molar-refractivity contribution in [3.63, 3.8) is 0 Å². The average Bonchev–Trinajstić information content (AvgIpc) is 2.49. The molecule has 1 aliphatic rings. The number of hydrogen-bond acceptors (Lipinski definition) is 3. The summed E-state index contributed by atoms with van der Waals surface area (Å²) in [6, 6.07) is 7.48. The van der Waals surface area contributed by atoms with E-state index >= 15 is 0 Å². The van der Waals surface area contributed by atoms with Crippen LogP contribution in [0.15, 0.2) is 24.3 Å². The van der Waals surface area contributed by atoms with Crippen LogP contribution in [0.3, 0.4) is 0 Å². The van der Waals surface area contributed by atoms with Gasteiger partial charge in [0.2, 0.25) is 5.91 Å². The molecule has 2 rings (SSSR count). The maximum Gasteiger partial charge on any atom is 0.242 e. The minimum absolute atomic E-state index is 0.0468. The summed E-state index contributed by atoms with van der Waals surface area (Å²) in [5.41, 5.74) is 5.38. The molecule has 1 aromatic rings. The van der Waals surface area contributed by atoms with Crippen molar-refractivity contribution in [3.05, 3.63) is 29.3 Å². The van der Waals surface area contributed by atoms with Crippen LogP contribution >= 0.6 is 11.6 Å². The molecule has 2 N–H and O–H groups in total. The molecule has 0 spiro atoms. The number of nitrogens with zero attached hydrogens (tertiary/aromatic N) is 1. The highest BCUT2D eigenvalue weighted by Crippen LogP contribution is 2.27. The van der Waals surface area contributed by atoms with Crippen molar-refractivity contribution < 1.29 is 9.53 Å². The van der Waals surface area contributed by atoms with E-state index in [1.54, 1.807) is 0 Å². The van der Waals surface area contributed by atoms with Crippen molar-refractivity contribution in [2.24, 2.45) is 5.73 Å². The van der Waals surface area contributed by atoms with Crippen LogP contribution in [0.25, 0.3) is 0 Å². The van der Waals surface area contributed by atoms with Gasteiger partial charge in [-0.15, -0.1) is 0 Å². The fraction of sp³-hybridized carbons (Fsp3) is 0.588. The Morgan fingerprint density at radius 3 is 2.64 bits per heavy atom. The van der Waals surface area contributed by atoms with Crippen LogP contribution in [0.2, 0.25) is 5.02 Å². The summed E-state index contributed by atoms with van der Waals surface area (Å²) < 4.78 is 5.95. The first kappa shape index (κ1) is 17.1. The van der Waals surface area contributed by atoms with Crippen molar-refractivity contribution in [2.75, 3.05) is 13.1 Å². The quantitative estimate of drug-likeness (QED) is 0.904. The SMILES string of the molecule is CCCC(C)(N)C(=O)N1CCC(Oc2ccccc2Cl)CC1. The van der Waals surface area contributed by atoms with E-state index in [2.05, 4.69) is 0 Å². The largest absolute Gasteiger partial charge is 0.489 e. The maximum atomic E-state index is 12.5. The lowest BCUT2D eigenvalue weighted by Crippen LogP contribution is -2.55. The zero-order valence-electron chi connectivity index (χ0n) is 13.3. The molecule has 1 unspecified atom stereocenters. The lowest BCUT2D eigenvalue weighted by atomic mass is 9.94. The molecule has 1 aliphatic heterocycles. The zero-order valence-corrected chi connectivity index (χ0v) is 14.1. The summed E-state index contributed by atoms with van der Waals surface area (Å²) in [5.74, 6) is 0.758. The third-order valence-corrected chi connectivity index (χ3v) is 4.43. The molecular weight excluding hydrogens is 300 g/mol. The second-order valence-corrected chi connectivity index (χ2v) is 6.61. The monoisotopic (exact) mass is 324 g/mol. The van der Waals surface area contributed by atoms with Gasteiger partial charge in [0.1, 0.15) is 11.9 Å². The highest BCUT2D eigenvalue weighted by molar-refractivity contribution is 6.32. The molecule has 0 saturated carbocycles. The molecule has 1 saturated heterocycles. The molecule has 1 fully saturated rings. The molecule has 0 radical (unpaired) electrons. The van der Waals surface area contributed by atoms with Gasteiger partial charge in [0, 0.05) is 25.9 Å². The van der Waals surface area contributed by atoms with Gasteiger partial charge in [-0.05, 0) is 25.5 Å². The van der Waals surface area contributed by atoms with Gasteiger partial charge in [0.25, 0.3) is 0 Å². The molecule has 1 atom stereocenters. The van der Waals surface area contributed by atoms with E-state index in [1.807, 2.05) is 43.0 Å². The molecule has 1 aromatic carbocycles. The van der Waals surface area contributed by atoms with Crippen LogP contribution in [0, 0.1) is 0 Å².